The van der Waals surface area contributed by atoms with E-state index in [2.05, 4.69) is 12.2 Å². The number of fused-ring (bicyclic) bond motifs is 2. The molecule has 0 radical (unpaired) electrons. The van der Waals surface area contributed by atoms with Gasteiger partial charge in [0.15, 0.2) is 5.76 Å². The lowest BCUT2D eigenvalue weighted by Crippen LogP contribution is -2.40. The minimum Gasteiger partial charge on any atom is -0.486 e. The first-order valence-corrected chi connectivity index (χ1v) is 9.26. The summed E-state index contributed by atoms with van der Waals surface area (Å²) in [7, 11) is 0. The molecule has 0 aliphatic heterocycles. The molecule has 4 unspecified atom stereocenters. The van der Waals surface area contributed by atoms with Crippen LogP contribution in [0.1, 0.15) is 48.9 Å². The molecule has 1 heterocycles. The van der Waals surface area contributed by atoms with Crippen LogP contribution in [0.5, 0.6) is 5.75 Å². The molecule has 1 aromatic carbocycles. The Morgan fingerprint density at radius 2 is 2.04 bits per heavy atom. The van der Waals surface area contributed by atoms with E-state index in [9.17, 15) is 4.79 Å². The van der Waals surface area contributed by atoms with Crippen LogP contribution in [0.15, 0.2) is 46.9 Å². The van der Waals surface area contributed by atoms with Crippen molar-refractivity contribution >= 4 is 5.91 Å². The van der Waals surface area contributed by atoms with Crippen LogP contribution in [-0.4, -0.2) is 11.9 Å². The van der Waals surface area contributed by atoms with E-state index >= 15 is 0 Å². The second-order valence-corrected chi connectivity index (χ2v) is 7.47. The van der Waals surface area contributed by atoms with E-state index in [0.717, 1.165) is 17.6 Å². The van der Waals surface area contributed by atoms with Gasteiger partial charge in [0.25, 0.3) is 5.91 Å². The van der Waals surface area contributed by atoms with E-state index in [4.69, 9.17) is 9.15 Å². The van der Waals surface area contributed by atoms with E-state index in [-0.39, 0.29) is 11.9 Å². The van der Waals surface area contributed by atoms with E-state index in [1.54, 1.807) is 12.1 Å². The molecule has 2 fully saturated rings. The van der Waals surface area contributed by atoms with Crippen LogP contribution in [0.25, 0.3) is 0 Å². The van der Waals surface area contributed by atoms with E-state index < -0.39 is 0 Å². The van der Waals surface area contributed by atoms with Gasteiger partial charge in [0.2, 0.25) is 0 Å². The number of nitrogens with one attached hydrogen (secondary N) is 1. The average molecular weight is 339 g/mol. The quantitative estimate of drug-likeness (QED) is 0.848. The summed E-state index contributed by atoms with van der Waals surface area (Å²) in [5, 5.41) is 3.14. The first kappa shape index (κ1) is 16.2. The number of carbonyl (C=O) groups is 1. The van der Waals surface area contributed by atoms with Gasteiger partial charge in [0, 0.05) is 6.04 Å². The van der Waals surface area contributed by atoms with Crippen molar-refractivity contribution < 1.29 is 13.9 Å². The van der Waals surface area contributed by atoms with E-state index in [0.29, 0.717) is 24.0 Å². The lowest BCUT2D eigenvalue weighted by atomic mass is 9.84. The first-order valence-electron chi connectivity index (χ1n) is 9.26. The fraction of sp³-hybridized carbons (Fsp3) is 0.476. The molecule has 1 N–H and O–H groups in total. The molecule has 0 saturated heterocycles. The van der Waals surface area contributed by atoms with Crippen molar-refractivity contribution in [2.45, 2.75) is 45.3 Å². The maximum absolute atomic E-state index is 12.5. The maximum atomic E-state index is 12.5. The molecule has 2 saturated carbocycles. The number of rotatable bonds is 6. The van der Waals surface area contributed by atoms with E-state index in [1.807, 2.05) is 30.3 Å². The zero-order valence-corrected chi connectivity index (χ0v) is 14.6. The molecule has 25 heavy (non-hydrogen) atoms. The molecule has 2 aromatic rings. The van der Waals surface area contributed by atoms with Gasteiger partial charge < -0.3 is 14.5 Å². The summed E-state index contributed by atoms with van der Waals surface area (Å²) in [6, 6.07) is 13.3. The van der Waals surface area contributed by atoms with Crippen molar-refractivity contribution in [3.63, 3.8) is 0 Å². The van der Waals surface area contributed by atoms with Gasteiger partial charge >= 0.3 is 0 Å². The predicted molar refractivity (Wildman–Crippen MR) is 95.3 cm³/mol. The Bertz CT molecular complexity index is 724. The van der Waals surface area contributed by atoms with Crippen molar-refractivity contribution in [1.29, 1.82) is 0 Å². The highest BCUT2D eigenvalue weighted by Crippen LogP contribution is 2.49. The third-order valence-corrected chi connectivity index (χ3v) is 5.80. The number of carbonyl (C=O) groups excluding carboxylic acids is 1. The normalized spacial score (nSPS) is 25.7. The lowest BCUT2D eigenvalue weighted by Gasteiger charge is -2.28. The molecule has 2 aliphatic rings. The summed E-state index contributed by atoms with van der Waals surface area (Å²) < 4.78 is 11.3. The topological polar surface area (TPSA) is 51.5 Å². The molecule has 132 valence electrons. The molecule has 0 spiro atoms. The van der Waals surface area contributed by atoms with E-state index in [1.165, 1.54) is 25.7 Å². The van der Waals surface area contributed by atoms with Crippen LogP contribution in [0.3, 0.4) is 0 Å². The van der Waals surface area contributed by atoms with Gasteiger partial charge in [0.05, 0.1) is 0 Å². The second-order valence-electron chi connectivity index (χ2n) is 7.47. The minimum atomic E-state index is -0.124. The van der Waals surface area contributed by atoms with Gasteiger partial charge in [-0.05, 0) is 68.2 Å². The Morgan fingerprint density at radius 1 is 1.20 bits per heavy atom. The zero-order chi connectivity index (χ0) is 17.2. The number of benzene rings is 1. The summed E-state index contributed by atoms with van der Waals surface area (Å²) in [5.41, 5.74) is 0. The molecule has 1 amide bonds. The highest BCUT2D eigenvalue weighted by molar-refractivity contribution is 5.91. The van der Waals surface area contributed by atoms with Crippen LogP contribution in [0, 0.1) is 17.8 Å². The lowest BCUT2D eigenvalue weighted by molar-refractivity contribution is 0.0883. The fourth-order valence-corrected chi connectivity index (χ4v) is 4.54. The highest BCUT2D eigenvalue weighted by atomic mass is 16.5. The van der Waals surface area contributed by atoms with Crippen molar-refractivity contribution in [2.24, 2.45) is 17.8 Å². The van der Waals surface area contributed by atoms with Crippen LogP contribution < -0.4 is 10.1 Å². The number of ether oxygens (including phenoxy) is 1. The van der Waals surface area contributed by atoms with Gasteiger partial charge in [-0.15, -0.1) is 0 Å². The molecule has 4 atom stereocenters. The largest absolute Gasteiger partial charge is 0.486 e. The van der Waals surface area contributed by atoms with Gasteiger partial charge in [0.1, 0.15) is 18.1 Å². The van der Waals surface area contributed by atoms with Gasteiger partial charge in [-0.25, -0.2) is 0 Å². The monoisotopic (exact) mass is 339 g/mol. The number of hydrogen-bond donors (Lipinski definition) is 1. The van der Waals surface area contributed by atoms with Crippen LogP contribution >= 0.6 is 0 Å². The third kappa shape index (κ3) is 3.58. The van der Waals surface area contributed by atoms with Crippen molar-refractivity contribution in [2.75, 3.05) is 0 Å². The summed E-state index contributed by atoms with van der Waals surface area (Å²) in [6.07, 6.45) is 5.33. The summed E-state index contributed by atoms with van der Waals surface area (Å²) in [5.74, 6) is 3.99. The predicted octanol–water partition coefficient (Wildman–Crippen LogP) is 4.41. The standard InChI is InChI=1S/C21H25NO3/c1-14(19-12-15-7-8-16(19)11-15)22-21(23)20-10-9-18(25-20)13-24-17-5-3-2-4-6-17/h2-6,9-10,14-16,19H,7-8,11-13H2,1H3,(H,22,23). The molecule has 2 aliphatic carbocycles. The Morgan fingerprint density at radius 3 is 2.76 bits per heavy atom. The third-order valence-electron chi connectivity index (χ3n) is 5.80. The van der Waals surface area contributed by atoms with Crippen LogP contribution in [0.2, 0.25) is 0 Å². The Hall–Kier alpha value is -2.23. The summed E-state index contributed by atoms with van der Waals surface area (Å²) in [6.45, 7) is 2.45. The Balaban J connectivity index is 1.31. The average Bonchev–Trinajstić information content (AvgIpc) is 3.37. The zero-order valence-electron chi connectivity index (χ0n) is 14.6. The maximum Gasteiger partial charge on any atom is 0.287 e. The fourth-order valence-electron chi connectivity index (χ4n) is 4.54. The molecule has 4 nitrogen and oxygen atoms in total. The Kier molecular flexibility index (Phi) is 4.51. The smallest absolute Gasteiger partial charge is 0.287 e. The molecule has 2 bridgehead atoms. The summed E-state index contributed by atoms with van der Waals surface area (Å²) in [4.78, 5) is 12.5. The van der Waals surface area contributed by atoms with Crippen molar-refractivity contribution in [1.82, 2.24) is 5.32 Å². The van der Waals surface area contributed by atoms with Gasteiger partial charge in [-0.3, -0.25) is 4.79 Å². The van der Waals surface area contributed by atoms with Crippen LogP contribution in [0.4, 0.5) is 0 Å². The van der Waals surface area contributed by atoms with Gasteiger partial charge in [-0.2, -0.15) is 0 Å². The second kappa shape index (κ2) is 6.95. The molecule has 1 aromatic heterocycles. The SMILES string of the molecule is CC(NC(=O)c1ccc(COc2ccccc2)o1)C1CC2CCC1C2. The van der Waals surface area contributed by atoms with Gasteiger partial charge in [-0.1, -0.05) is 24.6 Å². The number of amides is 1. The number of para-hydroxylation sites is 1. The molecule has 4 rings (SSSR count). The number of furan rings is 1. The minimum absolute atomic E-state index is 0.124. The molecule has 4 heteroatoms. The number of hydrogen-bond acceptors (Lipinski definition) is 3. The summed E-state index contributed by atoms with van der Waals surface area (Å²) >= 11 is 0. The molecular formula is C21H25NO3. The van der Waals surface area contributed by atoms with Crippen LogP contribution in [-0.2, 0) is 6.61 Å². The highest BCUT2D eigenvalue weighted by Gasteiger charge is 2.42. The molecular weight excluding hydrogens is 314 g/mol. The first-order chi connectivity index (χ1) is 12.2. The Labute approximate surface area is 148 Å². The van der Waals surface area contributed by atoms with Crippen molar-refractivity contribution in [3.05, 3.63) is 54.0 Å². The van der Waals surface area contributed by atoms with Crippen molar-refractivity contribution in [3.8, 4) is 5.75 Å².